The number of nitrogens with one attached hydrogen (secondary N) is 2. The summed E-state index contributed by atoms with van der Waals surface area (Å²) in [6.45, 7) is 2.08. The van der Waals surface area contributed by atoms with E-state index in [1.54, 1.807) is 6.33 Å². The Kier molecular flexibility index (Phi) is 4.91. The molecule has 1 saturated heterocycles. The minimum absolute atomic E-state index is 0.0741. The van der Waals surface area contributed by atoms with Crippen molar-refractivity contribution in [1.29, 1.82) is 0 Å². The lowest BCUT2D eigenvalue weighted by Gasteiger charge is -2.30. The van der Waals surface area contributed by atoms with Crippen molar-refractivity contribution < 1.29 is 14.1 Å². The summed E-state index contributed by atoms with van der Waals surface area (Å²) in [5, 5.41) is 6.69. The van der Waals surface area contributed by atoms with Gasteiger partial charge in [0.05, 0.1) is 17.4 Å². The number of aromatic nitrogens is 4. The van der Waals surface area contributed by atoms with Crippen molar-refractivity contribution >= 4 is 22.8 Å². The molecule has 1 aliphatic heterocycles. The number of rotatable bonds is 6. The van der Waals surface area contributed by atoms with Gasteiger partial charge in [-0.3, -0.25) is 9.59 Å². The van der Waals surface area contributed by atoms with Crippen LogP contribution in [0.5, 0.6) is 0 Å². The fraction of sp³-hybridized carbons (Fsp3) is 0.227. The number of H-pyrrole nitrogens is 1. The van der Waals surface area contributed by atoms with Crippen molar-refractivity contribution in [2.45, 2.75) is 12.8 Å². The molecule has 0 saturated carbocycles. The number of carbonyl (C=O) groups excluding carboxylic acids is 2. The summed E-state index contributed by atoms with van der Waals surface area (Å²) in [5.74, 6) is -0.102. The van der Waals surface area contributed by atoms with E-state index in [1.165, 1.54) is 0 Å². The van der Waals surface area contributed by atoms with E-state index < -0.39 is 5.91 Å². The highest BCUT2D eigenvalue weighted by atomic mass is 16.5. The zero-order valence-electron chi connectivity index (χ0n) is 16.7. The molecule has 2 amide bonds. The number of carbonyl (C=O) groups is 2. The van der Waals surface area contributed by atoms with Gasteiger partial charge in [-0.15, -0.1) is 0 Å². The van der Waals surface area contributed by atoms with Crippen LogP contribution in [-0.2, 0) is 6.42 Å². The second-order valence-electron chi connectivity index (χ2n) is 7.41. The number of hydrogen-bond donors (Lipinski definition) is 2. The van der Waals surface area contributed by atoms with E-state index in [0.29, 0.717) is 24.4 Å². The Morgan fingerprint density at radius 3 is 2.74 bits per heavy atom. The van der Waals surface area contributed by atoms with E-state index in [2.05, 4.69) is 25.4 Å². The number of aromatic amines is 1. The molecule has 0 bridgehead atoms. The van der Waals surface area contributed by atoms with E-state index in [-0.39, 0.29) is 11.8 Å². The van der Waals surface area contributed by atoms with Crippen LogP contribution in [0.2, 0.25) is 0 Å². The summed E-state index contributed by atoms with van der Waals surface area (Å²) in [7, 11) is 0. The Morgan fingerprint density at radius 2 is 1.97 bits per heavy atom. The van der Waals surface area contributed by atoms with Gasteiger partial charge >= 0.3 is 11.8 Å². The first-order chi connectivity index (χ1) is 15.2. The molecule has 3 heterocycles. The third kappa shape index (κ3) is 3.89. The maximum absolute atomic E-state index is 12.3. The molecule has 0 aliphatic carbocycles. The van der Waals surface area contributed by atoms with Gasteiger partial charge in [0.1, 0.15) is 0 Å². The third-order valence-corrected chi connectivity index (χ3v) is 5.34. The monoisotopic (exact) mass is 416 g/mol. The molecule has 2 aromatic heterocycles. The average Bonchev–Trinajstić information content (AvgIpc) is 3.42. The van der Waals surface area contributed by atoms with E-state index in [4.69, 9.17) is 4.52 Å². The van der Waals surface area contributed by atoms with E-state index in [1.807, 2.05) is 47.4 Å². The maximum atomic E-state index is 12.3. The first kappa shape index (κ1) is 19.0. The predicted molar refractivity (Wildman–Crippen MR) is 112 cm³/mol. The molecular formula is C22H20N6O3. The summed E-state index contributed by atoms with van der Waals surface area (Å²) in [6.07, 6.45) is 3.31. The van der Waals surface area contributed by atoms with E-state index in [0.717, 1.165) is 41.7 Å². The highest BCUT2D eigenvalue weighted by molar-refractivity contribution is 5.94. The average molecular weight is 416 g/mol. The van der Waals surface area contributed by atoms with Crippen LogP contribution < -0.4 is 5.32 Å². The van der Waals surface area contributed by atoms with Crippen LogP contribution in [0.4, 0.5) is 0 Å². The number of hydrogen-bond acceptors (Lipinski definition) is 6. The second-order valence-corrected chi connectivity index (χ2v) is 7.41. The van der Waals surface area contributed by atoms with E-state index >= 15 is 0 Å². The zero-order chi connectivity index (χ0) is 21.2. The van der Waals surface area contributed by atoms with Crippen LogP contribution in [-0.4, -0.2) is 56.5 Å². The molecule has 0 radical (unpaired) electrons. The molecule has 2 aromatic carbocycles. The van der Waals surface area contributed by atoms with Crippen LogP contribution in [0.3, 0.4) is 0 Å². The molecular weight excluding hydrogens is 396 g/mol. The maximum Gasteiger partial charge on any atom is 0.316 e. The van der Waals surface area contributed by atoms with Crippen molar-refractivity contribution in [1.82, 2.24) is 30.3 Å². The normalized spacial score (nSPS) is 13.2. The quantitative estimate of drug-likeness (QED) is 0.499. The van der Waals surface area contributed by atoms with Crippen molar-refractivity contribution in [2.75, 3.05) is 19.6 Å². The molecule has 9 heteroatoms. The number of amides is 2. The number of fused-ring (bicyclic) bond motifs is 1. The first-order valence-electron chi connectivity index (χ1n) is 10.1. The Bertz CT molecular complexity index is 1240. The predicted octanol–water partition coefficient (Wildman–Crippen LogP) is 2.43. The highest BCUT2D eigenvalue weighted by Gasteiger charge is 2.21. The Labute approximate surface area is 177 Å². The topological polar surface area (TPSA) is 117 Å². The van der Waals surface area contributed by atoms with Crippen LogP contribution >= 0.6 is 0 Å². The van der Waals surface area contributed by atoms with Gasteiger partial charge in [-0.05, 0) is 48.7 Å². The van der Waals surface area contributed by atoms with Gasteiger partial charge < -0.3 is 19.7 Å². The Balaban J connectivity index is 1.16. The number of nitrogens with zero attached hydrogens (tertiary/aromatic N) is 4. The fourth-order valence-corrected chi connectivity index (χ4v) is 3.42. The van der Waals surface area contributed by atoms with Gasteiger partial charge in [0.25, 0.3) is 5.91 Å². The smallest absolute Gasteiger partial charge is 0.316 e. The van der Waals surface area contributed by atoms with Crippen LogP contribution in [0.1, 0.15) is 33.0 Å². The third-order valence-electron chi connectivity index (χ3n) is 5.34. The van der Waals surface area contributed by atoms with Crippen molar-refractivity contribution in [3.63, 3.8) is 0 Å². The lowest BCUT2D eigenvalue weighted by molar-refractivity contribution is 0.0651. The van der Waals surface area contributed by atoms with Gasteiger partial charge in [-0.25, -0.2) is 4.98 Å². The van der Waals surface area contributed by atoms with Crippen molar-refractivity contribution in [2.24, 2.45) is 0 Å². The lowest BCUT2D eigenvalue weighted by Crippen LogP contribution is -2.41. The standard InChI is InChI=1S/C22H20N6O3/c29-20(21-26-19(27-31-21)16-6-7-17-18(12-16)25-13-24-17)23-9-8-14-2-4-15(5-3-14)22(30)28-10-1-11-28/h2-7,12-13H,1,8-11H2,(H,23,29)(H,24,25). The van der Waals surface area contributed by atoms with Crippen molar-refractivity contribution in [3.8, 4) is 11.4 Å². The van der Waals surface area contributed by atoms with Crippen LogP contribution in [0.15, 0.2) is 53.3 Å². The summed E-state index contributed by atoms with van der Waals surface area (Å²) in [5.41, 5.74) is 4.14. The summed E-state index contributed by atoms with van der Waals surface area (Å²) in [6, 6.07) is 13.0. The SMILES string of the molecule is O=C(NCCc1ccc(C(=O)N2CCC2)cc1)c1nc(-c2ccc3nc[nH]c3c2)no1. The van der Waals surface area contributed by atoms with Gasteiger partial charge in [0, 0.05) is 30.8 Å². The van der Waals surface area contributed by atoms with Gasteiger partial charge in [0.15, 0.2) is 0 Å². The molecule has 156 valence electrons. The Morgan fingerprint density at radius 1 is 1.13 bits per heavy atom. The van der Waals surface area contributed by atoms with Crippen LogP contribution in [0, 0.1) is 0 Å². The molecule has 2 N–H and O–H groups in total. The fourth-order valence-electron chi connectivity index (χ4n) is 3.42. The van der Waals surface area contributed by atoms with Gasteiger partial charge in [-0.1, -0.05) is 17.3 Å². The largest absolute Gasteiger partial charge is 0.347 e. The lowest BCUT2D eigenvalue weighted by atomic mass is 10.1. The number of imidazole rings is 1. The van der Waals surface area contributed by atoms with Crippen molar-refractivity contribution in [3.05, 3.63) is 65.8 Å². The Hall–Kier alpha value is -4.01. The molecule has 1 aliphatic rings. The molecule has 4 aromatic rings. The number of likely N-dealkylation sites (tertiary alicyclic amines) is 1. The molecule has 0 atom stereocenters. The minimum atomic E-state index is -0.425. The molecule has 9 nitrogen and oxygen atoms in total. The second kappa shape index (κ2) is 8.02. The summed E-state index contributed by atoms with van der Waals surface area (Å²) in [4.78, 5) is 37.8. The summed E-state index contributed by atoms with van der Waals surface area (Å²) >= 11 is 0. The molecule has 1 fully saturated rings. The highest BCUT2D eigenvalue weighted by Crippen LogP contribution is 2.20. The molecule has 5 rings (SSSR count). The van der Waals surface area contributed by atoms with Gasteiger partial charge in [0.2, 0.25) is 5.82 Å². The molecule has 31 heavy (non-hydrogen) atoms. The first-order valence-corrected chi connectivity index (χ1v) is 10.1. The van der Waals surface area contributed by atoms with Gasteiger partial charge in [-0.2, -0.15) is 4.98 Å². The summed E-state index contributed by atoms with van der Waals surface area (Å²) < 4.78 is 5.12. The minimum Gasteiger partial charge on any atom is -0.347 e. The molecule has 0 unspecified atom stereocenters. The zero-order valence-corrected chi connectivity index (χ0v) is 16.7. The van der Waals surface area contributed by atoms with Crippen LogP contribution in [0.25, 0.3) is 22.4 Å². The van der Waals surface area contributed by atoms with E-state index in [9.17, 15) is 9.59 Å². The molecule has 0 spiro atoms. The number of benzene rings is 2.